The van der Waals surface area contributed by atoms with Gasteiger partial charge in [0.2, 0.25) is 0 Å². The number of aromatic nitrogens is 3. The molecule has 1 N–H and O–H groups in total. The zero-order valence-electron chi connectivity index (χ0n) is 18.9. The van der Waals surface area contributed by atoms with Crippen molar-refractivity contribution in [1.29, 1.82) is 0 Å². The summed E-state index contributed by atoms with van der Waals surface area (Å²) in [6.07, 6.45) is 4.69. The van der Waals surface area contributed by atoms with Crippen LogP contribution in [0, 0.1) is 5.82 Å². The van der Waals surface area contributed by atoms with Gasteiger partial charge in [0.05, 0.1) is 32.7 Å². The number of nitrogens with zero attached hydrogens (tertiary/aromatic N) is 5. The molecule has 1 aromatic carbocycles. The largest absolute Gasteiger partial charge is 0.494 e. The third kappa shape index (κ3) is 4.31. The number of pyridine rings is 2. The molecular weight excluding hydrogens is 455 g/mol. The van der Waals surface area contributed by atoms with Crippen molar-refractivity contribution < 1.29 is 23.5 Å². The minimum Gasteiger partial charge on any atom is -0.494 e. The quantitative estimate of drug-likeness (QED) is 0.466. The van der Waals surface area contributed by atoms with Crippen LogP contribution in [-0.4, -0.2) is 53.7 Å². The summed E-state index contributed by atoms with van der Waals surface area (Å²) < 4.78 is 25.6. The first-order chi connectivity index (χ1) is 17.1. The molecule has 1 aliphatic heterocycles. The molecule has 35 heavy (non-hydrogen) atoms. The molecule has 5 rings (SSSR count). The highest BCUT2D eigenvalue weighted by molar-refractivity contribution is 6.10. The van der Waals surface area contributed by atoms with Crippen molar-refractivity contribution in [1.82, 2.24) is 14.4 Å². The number of benzene rings is 1. The van der Waals surface area contributed by atoms with Crippen LogP contribution in [0.25, 0.3) is 16.9 Å². The number of rotatable bonds is 5. The van der Waals surface area contributed by atoms with Gasteiger partial charge in [-0.1, -0.05) is 5.16 Å². The normalized spacial score (nSPS) is 13.2. The molecule has 1 aliphatic rings. The topological polar surface area (TPSA) is 103 Å². The van der Waals surface area contributed by atoms with E-state index in [0.717, 1.165) is 28.2 Å². The van der Waals surface area contributed by atoms with Crippen LogP contribution in [-0.2, 0) is 9.57 Å². The molecule has 4 heterocycles. The summed E-state index contributed by atoms with van der Waals surface area (Å²) in [5.41, 5.74) is 3.83. The van der Waals surface area contributed by atoms with E-state index in [-0.39, 0.29) is 5.75 Å². The highest BCUT2D eigenvalue weighted by atomic mass is 19.1. The van der Waals surface area contributed by atoms with Crippen LogP contribution in [0.4, 0.5) is 20.7 Å². The molecule has 10 nitrogen and oxygen atoms in total. The zero-order valence-corrected chi connectivity index (χ0v) is 18.9. The number of methoxy groups -OCH3 is 2. The Hall–Kier alpha value is -4.67. The minimum absolute atomic E-state index is 0.151. The number of ether oxygens (including phenoxy) is 2. The molecule has 4 aromatic rings. The van der Waals surface area contributed by atoms with Gasteiger partial charge in [0, 0.05) is 35.3 Å². The number of amides is 1. The first-order valence-electron chi connectivity index (χ1n) is 10.7. The first kappa shape index (κ1) is 22.1. The Morgan fingerprint density at radius 2 is 1.94 bits per heavy atom. The van der Waals surface area contributed by atoms with E-state index in [1.54, 1.807) is 30.6 Å². The Bertz CT molecular complexity index is 1420. The second kappa shape index (κ2) is 9.29. The van der Waals surface area contributed by atoms with Gasteiger partial charge in [-0.05, 0) is 36.4 Å². The van der Waals surface area contributed by atoms with Crippen LogP contribution >= 0.6 is 0 Å². The standard InChI is InChI=1S/C24H21FN6O4/c1-33-20-11-17(5-6-18(20)25)30-9-10-35-29-23(30)16-4-8-22-27-13-19(31(22)14-16)15-3-7-21(26-12-15)28-24(32)34-2/h3-8,11-14H,9-10H2,1-2H3,(H,26,28,32). The molecule has 1 amide bonds. The van der Waals surface area contributed by atoms with Gasteiger partial charge in [-0.25, -0.2) is 19.2 Å². The van der Waals surface area contributed by atoms with Crippen LogP contribution in [0.3, 0.4) is 0 Å². The summed E-state index contributed by atoms with van der Waals surface area (Å²) >= 11 is 0. The van der Waals surface area contributed by atoms with Crippen molar-refractivity contribution in [2.45, 2.75) is 0 Å². The molecule has 0 unspecified atom stereocenters. The predicted molar refractivity (Wildman–Crippen MR) is 127 cm³/mol. The highest BCUT2D eigenvalue weighted by Gasteiger charge is 2.22. The smallest absolute Gasteiger partial charge is 0.412 e. The maximum absolute atomic E-state index is 14.0. The van der Waals surface area contributed by atoms with E-state index in [0.29, 0.717) is 24.8 Å². The maximum atomic E-state index is 14.0. The Kier molecular flexibility index (Phi) is 5.88. The van der Waals surface area contributed by atoms with Gasteiger partial charge in [-0.3, -0.25) is 9.72 Å². The number of imidazole rings is 1. The van der Waals surface area contributed by atoms with Crippen molar-refractivity contribution >= 4 is 29.1 Å². The van der Waals surface area contributed by atoms with E-state index < -0.39 is 11.9 Å². The SMILES string of the molecule is COC(=O)Nc1ccc(-c2cnc3ccc(C4=NOCCN4c4ccc(F)c(OC)c4)cn23)cn1. The average Bonchev–Trinajstić information content (AvgIpc) is 3.32. The third-order valence-electron chi connectivity index (χ3n) is 5.50. The second-order valence-corrected chi connectivity index (χ2v) is 7.56. The Morgan fingerprint density at radius 3 is 2.71 bits per heavy atom. The maximum Gasteiger partial charge on any atom is 0.412 e. The molecule has 0 aliphatic carbocycles. The number of halogens is 1. The van der Waals surface area contributed by atoms with Crippen LogP contribution in [0.15, 0.2) is 66.2 Å². The van der Waals surface area contributed by atoms with E-state index in [4.69, 9.17) is 9.57 Å². The van der Waals surface area contributed by atoms with Gasteiger partial charge in [0.25, 0.3) is 0 Å². The molecule has 3 aromatic heterocycles. The fraction of sp³-hybridized carbons (Fsp3) is 0.167. The van der Waals surface area contributed by atoms with E-state index in [1.807, 2.05) is 33.7 Å². The van der Waals surface area contributed by atoms with Crippen molar-refractivity contribution in [3.8, 4) is 17.0 Å². The first-order valence-corrected chi connectivity index (χ1v) is 10.7. The number of carbonyl (C=O) groups is 1. The van der Waals surface area contributed by atoms with Crippen LogP contribution in [0.5, 0.6) is 5.75 Å². The van der Waals surface area contributed by atoms with E-state index >= 15 is 0 Å². The number of fused-ring (bicyclic) bond motifs is 1. The molecule has 11 heteroatoms. The number of hydrogen-bond donors (Lipinski definition) is 1. The lowest BCUT2D eigenvalue weighted by atomic mass is 10.2. The lowest BCUT2D eigenvalue weighted by Crippen LogP contribution is -2.38. The molecular formula is C24H21FN6O4. The summed E-state index contributed by atoms with van der Waals surface area (Å²) in [5, 5.41) is 6.81. The predicted octanol–water partition coefficient (Wildman–Crippen LogP) is 3.92. The van der Waals surface area contributed by atoms with Gasteiger partial charge in [-0.15, -0.1) is 0 Å². The van der Waals surface area contributed by atoms with Gasteiger partial charge < -0.3 is 19.2 Å². The molecule has 0 radical (unpaired) electrons. The molecule has 0 spiro atoms. The number of amidine groups is 1. The lowest BCUT2D eigenvalue weighted by molar-refractivity contribution is 0.142. The number of carbonyl (C=O) groups excluding carboxylic acids is 1. The summed E-state index contributed by atoms with van der Waals surface area (Å²) in [5.74, 6) is 0.656. The van der Waals surface area contributed by atoms with Gasteiger partial charge in [0.1, 0.15) is 18.1 Å². The number of oxime groups is 1. The van der Waals surface area contributed by atoms with E-state index in [9.17, 15) is 9.18 Å². The van der Waals surface area contributed by atoms with E-state index in [1.165, 1.54) is 20.3 Å². The molecule has 0 fully saturated rings. The van der Waals surface area contributed by atoms with Crippen molar-refractivity contribution in [3.05, 3.63) is 72.4 Å². The lowest BCUT2D eigenvalue weighted by Gasteiger charge is -2.29. The van der Waals surface area contributed by atoms with E-state index in [2.05, 4.69) is 25.2 Å². The second-order valence-electron chi connectivity index (χ2n) is 7.56. The number of nitrogens with one attached hydrogen (secondary N) is 1. The Labute approximate surface area is 199 Å². The summed E-state index contributed by atoms with van der Waals surface area (Å²) in [7, 11) is 2.72. The summed E-state index contributed by atoms with van der Waals surface area (Å²) in [6.45, 7) is 0.917. The molecule has 0 saturated heterocycles. The molecule has 0 bridgehead atoms. The average molecular weight is 476 g/mol. The number of anilines is 2. The molecule has 0 saturated carbocycles. The summed E-state index contributed by atoms with van der Waals surface area (Å²) in [4.78, 5) is 27.5. The van der Waals surface area contributed by atoms with Crippen molar-refractivity contribution in [2.24, 2.45) is 5.16 Å². The van der Waals surface area contributed by atoms with Crippen LogP contribution < -0.4 is 15.0 Å². The highest BCUT2D eigenvalue weighted by Crippen LogP contribution is 2.28. The van der Waals surface area contributed by atoms with Crippen molar-refractivity contribution in [2.75, 3.05) is 37.6 Å². The fourth-order valence-electron chi connectivity index (χ4n) is 3.77. The Morgan fingerprint density at radius 1 is 1.09 bits per heavy atom. The molecule has 0 atom stereocenters. The summed E-state index contributed by atoms with van der Waals surface area (Å²) in [6, 6.07) is 12.0. The number of hydrogen-bond acceptors (Lipinski definition) is 8. The van der Waals surface area contributed by atoms with Crippen LogP contribution in [0.1, 0.15) is 5.56 Å². The van der Waals surface area contributed by atoms with Gasteiger partial charge >= 0.3 is 6.09 Å². The monoisotopic (exact) mass is 476 g/mol. The Balaban J connectivity index is 1.50. The van der Waals surface area contributed by atoms with Gasteiger partial charge in [-0.2, -0.15) is 0 Å². The van der Waals surface area contributed by atoms with Crippen molar-refractivity contribution in [3.63, 3.8) is 0 Å². The van der Waals surface area contributed by atoms with Gasteiger partial charge in [0.15, 0.2) is 17.4 Å². The molecule has 178 valence electrons. The minimum atomic E-state index is -0.594. The fourth-order valence-corrected chi connectivity index (χ4v) is 3.77. The zero-order chi connectivity index (χ0) is 24.4. The third-order valence-corrected chi connectivity index (χ3v) is 5.50. The van der Waals surface area contributed by atoms with Crippen LogP contribution in [0.2, 0.25) is 0 Å².